The molecule has 0 unspecified atom stereocenters. The number of benzene rings is 2. The minimum Gasteiger partial charge on any atom is -0.397 e. The zero-order chi connectivity index (χ0) is 15.2. The summed E-state index contributed by atoms with van der Waals surface area (Å²) in [5.41, 5.74) is 27.4. The molecule has 10 N–H and O–H groups in total. The maximum absolute atomic E-state index is 5.89. The maximum Gasteiger partial charge on any atom is 0.0783 e. The van der Waals surface area contributed by atoms with Gasteiger partial charge in [0, 0.05) is 13.1 Å². The van der Waals surface area contributed by atoms with Crippen molar-refractivity contribution in [2.24, 2.45) is 0 Å². The molecule has 6 heteroatoms. The fraction of sp³-hybridized carbons (Fsp3) is 0.200. The van der Waals surface area contributed by atoms with Crippen LogP contribution >= 0.6 is 0 Å². The Morgan fingerprint density at radius 2 is 1.10 bits per heavy atom. The number of nitrogens with one attached hydrogen (secondary N) is 2. The average molecular weight is 286 g/mol. The summed E-state index contributed by atoms with van der Waals surface area (Å²) in [6.07, 6.45) is 0.905. The van der Waals surface area contributed by atoms with E-state index in [-0.39, 0.29) is 0 Å². The molecule has 0 heterocycles. The molecule has 0 saturated carbocycles. The summed E-state index contributed by atoms with van der Waals surface area (Å²) in [5, 5.41) is 6.53. The van der Waals surface area contributed by atoms with Crippen molar-refractivity contribution < 1.29 is 0 Å². The third-order valence-electron chi connectivity index (χ3n) is 3.26. The lowest BCUT2D eigenvalue weighted by Gasteiger charge is -2.13. The van der Waals surface area contributed by atoms with E-state index in [9.17, 15) is 0 Å². The van der Waals surface area contributed by atoms with Gasteiger partial charge in [0.05, 0.1) is 34.1 Å². The molecule has 0 aliphatic carbocycles. The van der Waals surface area contributed by atoms with Crippen LogP contribution in [0.25, 0.3) is 0 Å². The number of anilines is 6. The van der Waals surface area contributed by atoms with E-state index in [2.05, 4.69) is 10.6 Å². The van der Waals surface area contributed by atoms with Crippen LogP contribution in [0.5, 0.6) is 0 Å². The lowest BCUT2D eigenvalue weighted by molar-refractivity contribution is 0.910. The Morgan fingerprint density at radius 1 is 0.667 bits per heavy atom. The van der Waals surface area contributed by atoms with Gasteiger partial charge in [-0.25, -0.2) is 0 Å². The fourth-order valence-corrected chi connectivity index (χ4v) is 2.01. The van der Waals surface area contributed by atoms with Gasteiger partial charge in [-0.2, -0.15) is 0 Å². The molecule has 2 aromatic carbocycles. The standard InChI is InChI=1S/C15H22N6/c16-10-4-1-6-12(14(10)18)20-8-3-9-21-13-7-2-5-11(17)15(13)19/h1-2,4-7,20-21H,3,8-9,16-19H2. The largest absolute Gasteiger partial charge is 0.397 e. The third-order valence-corrected chi connectivity index (χ3v) is 3.26. The van der Waals surface area contributed by atoms with Crippen molar-refractivity contribution in [2.75, 3.05) is 46.7 Å². The first kappa shape index (κ1) is 14.6. The number of para-hydroxylation sites is 2. The maximum atomic E-state index is 5.89. The molecule has 2 rings (SSSR count). The summed E-state index contributed by atoms with van der Waals surface area (Å²) < 4.78 is 0. The summed E-state index contributed by atoms with van der Waals surface area (Å²) in [6.45, 7) is 1.56. The predicted molar refractivity (Wildman–Crippen MR) is 92.1 cm³/mol. The van der Waals surface area contributed by atoms with Crippen LogP contribution < -0.4 is 33.6 Å². The molecule has 0 spiro atoms. The molecule has 0 aliphatic heterocycles. The SMILES string of the molecule is Nc1cccc(NCCCNc2cccc(N)c2N)c1N. The summed E-state index contributed by atoms with van der Waals surface area (Å²) in [6, 6.07) is 11.1. The van der Waals surface area contributed by atoms with Crippen molar-refractivity contribution in [3.8, 4) is 0 Å². The van der Waals surface area contributed by atoms with Crippen LogP contribution in [-0.4, -0.2) is 13.1 Å². The summed E-state index contributed by atoms with van der Waals surface area (Å²) in [5.74, 6) is 0. The molecule has 0 aromatic heterocycles. The molecule has 0 radical (unpaired) electrons. The van der Waals surface area contributed by atoms with Gasteiger partial charge in [0.25, 0.3) is 0 Å². The second-order valence-electron chi connectivity index (χ2n) is 4.82. The number of nitrogen functional groups attached to an aromatic ring is 4. The van der Waals surface area contributed by atoms with Crippen molar-refractivity contribution in [3.63, 3.8) is 0 Å². The van der Waals surface area contributed by atoms with Gasteiger partial charge in [-0.3, -0.25) is 0 Å². The Kier molecular flexibility index (Phi) is 4.61. The van der Waals surface area contributed by atoms with Gasteiger partial charge in [-0.1, -0.05) is 12.1 Å². The number of hydrogen-bond donors (Lipinski definition) is 6. The van der Waals surface area contributed by atoms with E-state index in [1.165, 1.54) is 0 Å². The summed E-state index contributed by atoms with van der Waals surface area (Å²) in [7, 11) is 0. The van der Waals surface area contributed by atoms with Crippen LogP contribution in [0.3, 0.4) is 0 Å². The van der Waals surface area contributed by atoms with Crippen LogP contribution in [0.2, 0.25) is 0 Å². The second-order valence-corrected chi connectivity index (χ2v) is 4.82. The van der Waals surface area contributed by atoms with Crippen LogP contribution in [0, 0.1) is 0 Å². The Hall–Kier alpha value is -2.76. The number of rotatable bonds is 6. The lowest BCUT2D eigenvalue weighted by atomic mass is 10.2. The topological polar surface area (TPSA) is 128 Å². The van der Waals surface area contributed by atoms with E-state index < -0.39 is 0 Å². The minimum absolute atomic E-state index is 0.588. The van der Waals surface area contributed by atoms with Gasteiger partial charge >= 0.3 is 0 Å². The molecular weight excluding hydrogens is 264 g/mol. The quantitative estimate of drug-likeness (QED) is 0.355. The van der Waals surface area contributed by atoms with Gasteiger partial charge in [-0.15, -0.1) is 0 Å². The molecule has 2 aromatic rings. The van der Waals surface area contributed by atoms with Gasteiger partial charge in [0.2, 0.25) is 0 Å². The highest BCUT2D eigenvalue weighted by atomic mass is 14.9. The lowest BCUT2D eigenvalue weighted by Crippen LogP contribution is -2.11. The smallest absolute Gasteiger partial charge is 0.0783 e. The normalized spacial score (nSPS) is 10.3. The van der Waals surface area contributed by atoms with Gasteiger partial charge < -0.3 is 33.6 Å². The summed E-state index contributed by atoms with van der Waals surface area (Å²) >= 11 is 0. The molecule has 6 nitrogen and oxygen atoms in total. The van der Waals surface area contributed by atoms with Crippen molar-refractivity contribution in [1.29, 1.82) is 0 Å². The Bertz CT molecular complexity index is 558. The van der Waals surface area contributed by atoms with E-state index in [1.807, 2.05) is 24.3 Å². The van der Waals surface area contributed by atoms with Crippen LogP contribution in [0.4, 0.5) is 34.1 Å². The van der Waals surface area contributed by atoms with Gasteiger partial charge in [0.1, 0.15) is 0 Å². The molecule has 0 fully saturated rings. The average Bonchev–Trinajstić information content (AvgIpc) is 2.47. The first-order chi connectivity index (χ1) is 10.1. The molecule has 0 aliphatic rings. The summed E-state index contributed by atoms with van der Waals surface area (Å²) in [4.78, 5) is 0. The fourth-order valence-electron chi connectivity index (χ4n) is 2.01. The van der Waals surface area contributed by atoms with Crippen molar-refractivity contribution in [1.82, 2.24) is 0 Å². The monoisotopic (exact) mass is 286 g/mol. The molecule has 0 saturated heterocycles. The zero-order valence-electron chi connectivity index (χ0n) is 11.9. The van der Waals surface area contributed by atoms with E-state index in [4.69, 9.17) is 22.9 Å². The highest BCUT2D eigenvalue weighted by Gasteiger charge is 2.02. The second kappa shape index (κ2) is 6.60. The van der Waals surface area contributed by atoms with Crippen molar-refractivity contribution in [2.45, 2.75) is 6.42 Å². The molecule has 0 amide bonds. The van der Waals surface area contributed by atoms with E-state index >= 15 is 0 Å². The van der Waals surface area contributed by atoms with E-state index in [1.54, 1.807) is 12.1 Å². The Balaban J connectivity index is 1.78. The molecule has 0 bridgehead atoms. The van der Waals surface area contributed by atoms with E-state index in [0.717, 1.165) is 30.9 Å². The third kappa shape index (κ3) is 3.62. The molecule has 0 atom stereocenters. The number of hydrogen-bond acceptors (Lipinski definition) is 6. The molecular formula is C15H22N6. The zero-order valence-corrected chi connectivity index (χ0v) is 11.9. The first-order valence-corrected chi connectivity index (χ1v) is 6.85. The van der Waals surface area contributed by atoms with Crippen LogP contribution in [0.15, 0.2) is 36.4 Å². The Morgan fingerprint density at radius 3 is 1.52 bits per heavy atom. The first-order valence-electron chi connectivity index (χ1n) is 6.85. The van der Waals surface area contributed by atoms with Gasteiger partial charge in [-0.05, 0) is 30.7 Å². The highest BCUT2D eigenvalue weighted by Crippen LogP contribution is 2.25. The minimum atomic E-state index is 0.588. The highest BCUT2D eigenvalue weighted by molar-refractivity contribution is 5.79. The predicted octanol–water partition coefficient (Wildman–Crippen LogP) is 1.93. The number of nitrogens with two attached hydrogens (primary N) is 4. The van der Waals surface area contributed by atoms with Crippen molar-refractivity contribution >= 4 is 34.1 Å². The van der Waals surface area contributed by atoms with Crippen LogP contribution in [-0.2, 0) is 0 Å². The Labute approximate surface area is 124 Å². The van der Waals surface area contributed by atoms with E-state index in [0.29, 0.717) is 22.7 Å². The van der Waals surface area contributed by atoms with Crippen molar-refractivity contribution in [3.05, 3.63) is 36.4 Å². The molecule has 21 heavy (non-hydrogen) atoms. The molecule has 112 valence electrons. The van der Waals surface area contributed by atoms with Gasteiger partial charge in [0.15, 0.2) is 0 Å². The van der Waals surface area contributed by atoms with Crippen LogP contribution in [0.1, 0.15) is 6.42 Å².